The number of amides is 2. The van der Waals surface area contributed by atoms with Crippen molar-refractivity contribution in [3.05, 3.63) is 69.8 Å². The molecule has 3 unspecified atom stereocenters. The normalized spacial score (nSPS) is 25.2. The predicted molar refractivity (Wildman–Crippen MR) is 116 cm³/mol. The van der Waals surface area contributed by atoms with Gasteiger partial charge in [0.15, 0.2) is 0 Å². The van der Waals surface area contributed by atoms with Crippen molar-refractivity contribution in [3.8, 4) is 0 Å². The van der Waals surface area contributed by atoms with Gasteiger partial charge in [0.05, 0.1) is 4.91 Å². The molecule has 2 N–H and O–H groups in total. The van der Waals surface area contributed by atoms with Crippen LogP contribution in [0.2, 0.25) is 5.02 Å². The van der Waals surface area contributed by atoms with Crippen LogP contribution >= 0.6 is 23.4 Å². The Morgan fingerprint density at radius 3 is 2.93 bits per heavy atom. The second-order valence-electron chi connectivity index (χ2n) is 7.36. The molecule has 2 amide bonds. The number of hydrogen-bond donors (Lipinski definition) is 2. The van der Waals surface area contributed by atoms with E-state index in [-0.39, 0.29) is 29.0 Å². The lowest BCUT2D eigenvalue weighted by atomic mass is 9.84. The minimum Gasteiger partial charge on any atom is -0.352 e. The van der Waals surface area contributed by atoms with Crippen LogP contribution in [-0.4, -0.2) is 28.1 Å². The molecular formula is C22H22ClN3O2S. The standard InChI is InChI=1S/C22H22ClN3O2S/c23-17-6-2-1-5-15(17)11-20-22(28)26-18-10-16(7-8-19(18)29-20)21(27)25-13-14-4-3-9-24-12-14/h1-6,9,11-12,16,18-19H,7-8,10,13H2,(H,25,27)(H,26,28)/b20-11+. The number of benzene rings is 1. The Morgan fingerprint density at radius 1 is 1.28 bits per heavy atom. The molecule has 0 spiro atoms. The minimum absolute atomic E-state index is 0.0128. The molecule has 2 aromatic rings. The van der Waals surface area contributed by atoms with Crippen LogP contribution in [0, 0.1) is 5.92 Å². The van der Waals surface area contributed by atoms with Crippen molar-refractivity contribution >= 4 is 41.3 Å². The van der Waals surface area contributed by atoms with Crippen LogP contribution in [0.4, 0.5) is 0 Å². The molecule has 3 atom stereocenters. The number of halogens is 1. The number of thioether (sulfide) groups is 1. The van der Waals surface area contributed by atoms with E-state index in [9.17, 15) is 9.59 Å². The van der Waals surface area contributed by atoms with Gasteiger partial charge in [-0.25, -0.2) is 0 Å². The smallest absolute Gasteiger partial charge is 0.257 e. The number of nitrogens with one attached hydrogen (secondary N) is 2. The summed E-state index contributed by atoms with van der Waals surface area (Å²) in [6.07, 6.45) is 7.70. The van der Waals surface area contributed by atoms with Crippen molar-refractivity contribution in [1.29, 1.82) is 0 Å². The number of hydrogen-bond acceptors (Lipinski definition) is 4. The average Bonchev–Trinajstić information content (AvgIpc) is 2.74. The average molecular weight is 428 g/mol. The summed E-state index contributed by atoms with van der Waals surface area (Å²) in [7, 11) is 0. The third-order valence-electron chi connectivity index (χ3n) is 5.36. The van der Waals surface area contributed by atoms with Gasteiger partial charge < -0.3 is 10.6 Å². The third-order valence-corrected chi connectivity index (χ3v) is 7.13. The Hall–Kier alpha value is -2.31. The van der Waals surface area contributed by atoms with E-state index in [1.54, 1.807) is 24.2 Å². The lowest BCUT2D eigenvalue weighted by Gasteiger charge is -2.39. The van der Waals surface area contributed by atoms with Gasteiger partial charge in [-0.2, -0.15) is 0 Å². The molecule has 0 radical (unpaired) electrons. The van der Waals surface area contributed by atoms with Crippen molar-refractivity contribution in [2.75, 3.05) is 0 Å². The monoisotopic (exact) mass is 427 g/mol. The van der Waals surface area contributed by atoms with Gasteiger partial charge in [-0.15, -0.1) is 11.8 Å². The zero-order valence-corrected chi connectivity index (χ0v) is 17.4. The first-order valence-corrected chi connectivity index (χ1v) is 11.0. The predicted octanol–water partition coefficient (Wildman–Crippen LogP) is 3.79. The Bertz CT molecular complexity index is 935. The van der Waals surface area contributed by atoms with E-state index >= 15 is 0 Å². The van der Waals surface area contributed by atoms with Gasteiger partial charge in [0.2, 0.25) is 5.91 Å². The van der Waals surface area contributed by atoms with Crippen LogP contribution in [0.25, 0.3) is 6.08 Å². The fourth-order valence-corrected chi connectivity index (χ4v) is 5.27. The fraction of sp³-hybridized carbons (Fsp3) is 0.318. The highest BCUT2D eigenvalue weighted by Crippen LogP contribution is 2.40. The molecule has 150 valence electrons. The van der Waals surface area contributed by atoms with Crippen LogP contribution in [0.15, 0.2) is 53.7 Å². The SMILES string of the molecule is O=C1NC2CC(C(=O)NCc3cccnc3)CCC2S/C1=C/c1ccccc1Cl. The van der Waals surface area contributed by atoms with Gasteiger partial charge in [-0.3, -0.25) is 14.6 Å². The summed E-state index contributed by atoms with van der Waals surface area (Å²) in [6, 6.07) is 11.3. The molecule has 29 heavy (non-hydrogen) atoms. The second-order valence-corrected chi connectivity index (χ2v) is 9.04. The summed E-state index contributed by atoms with van der Waals surface area (Å²) in [5, 5.41) is 7.01. The maximum Gasteiger partial charge on any atom is 0.257 e. The van der Waals surface area contributed by atoms with E-state index < -0.39 is 0 Å². The molecule has 1 aliphatic heterocycles. The molecule has 1 aromatic carbocycles. The van der Waals surface area contributed by atoms with E-state index in [4.69, 9.17) is 11.6 Å². The maximum atomic E-state index is 12.6. The van der Waals surface area contributed by atoms with Crippen LogP contribution in [0.3, 0.4) is 0 Å². The maximum absolute atomic E-state index is 12.6. The summed E-state index contributed by atoms with van der Waals surface area (Å²) in [4.78, 5) is 29.9. The highest BCUT2D eigenvalue weighted by Gasteiger charge is 2.39. The first-order valence-electron chi connectivity index (χ1n) is 9.70. The van der Waals surface area contributed by atoms with Gasteiger partial charge >= 0.3 is 0 Å². The van der Waals surface area contributed by atoms with Crippen molar-refractivity contribution in [2.45, 2.75) is 37.1 Å². The van der Waals surface area contributed by atoms with Crippen molar-refractivity contribution in [3.63, 3.8) is 0 Å². The zero-order valence-electron chi connectivity index (χ0n) is 15.8. The van der Waals surface area contributed by atoms with Crippen molar-refractivity contribution in [2.24, 2.45) is 5.92 Å². The molecule has 1 aliphatic carbocycles. The number of fused-ring (bicyclic) bond motifs is 1. The molecule has 1 aromatic heterocycles. The Labute approximate surface area is 179 Å². The molecule has 7 heteroatoms. The summed E-state index contributed by atoms with van der Waals surface area (Å²) in [6.45, 7) is 0.475. The second kappa shape index (κ2) is 9.01. The van der Waals surface area contributed by atoms with Crippen LogP contribution in [0.5, 0.6) is 0 Å². The molecule has 0 bridgehead atoms. The summed E-state index contributed by atoms with van der Waals surface area (Å²) < 4.78 is 0. The fourth-order valence-electron chi connectivity index (χ4n) is 3.80. The van der Waals surface area contributed by atoms with Crippen molar-refractivity contribution in [1.82, 2.24) is 15.6 Å². The number of pyridine rings is 1. The van der Waals surface area contributed by atoms with Gasteiger partial charge in [-0.1, -0.05) is 35.9 Å². The van der Waals surface area contributed by atoms with Gasteiger partial charge in [0, 0.05) is 41.2 Å². The van der Waals surface area contributed by atoms with Crippen LogP contribution < -0.4 is 10.6 Å². The molecule has 4 rings (SSSR count). The molecule has 2 fully saturated rings. The Morgan fingerprint density at radius 2 is 2.14 bits per heavy atom. The van der Waals surface area contributed by atoms with Gasteiger partial charge in [0.25, 0.3) is 5.91 Å². The third kappa shape index (κ3) is 4.82. The highest BCUT2D eigenvalue weighted by atomic mass is 35.5. The van der Waals surface area contributed by atoms with Crippen molar-refractivity contribution < 1.29 is 9.59 Å². The van der Waals surface area contributed by atoms with E-state index in [2.05, 4.69) is 15.6 Å². The van der Waals surface area contributed by atoms with Gasteiger partial charge in [0.1, 0.15) is 0 Å². The molecular weight excluding hydrogens is 406 g/mol. The highest BCUT2D eigenvalue weighted by molar-refractivity contribution is 8.04. The topological polar surface area (TPSA) is 71.1 Å². The number of aromatic nitrogens is 1. The quantitative estimate of drug-likeness (QED) is 0.728. The molecule has 1 saturated carbocycles. The number of carbonyl (C=O) groups excluding carboxylic acids is 2. The summed E-state index contributed by atoms with van der Waals surface area (Å²) in [5.74, 6) is -0.125. The largest absolute Gasteiger partial charge is 0.352 e. The molecule has 2 heterocycles. The lowest BCUT2D eigenvalue weighted by Crippen LogP contribution is -2.51. The first kappa shape index (κ1) is 20.0. The summed E-state index contributed by atoms with van der Waals surface area (Å²) >= 11 is 7.82. The summed E-state index contributed by atoms with van der Waals surface area (Å²) in [5.41, 5.74) is 1.82. The molecule has 5 nitrogen and oxygen atoms in total. The minimum atomic E-state index is -0.0902. The molecule has 1 saturated heterocycles. The Kier molecular flexibility index (Phi) is 6.21. The number of rotatable bonds is 4. The van der Waals surface area contributed by atoms with E-state index in [1.807, 2.05) is 42.5 Å². The zero-order chi connectivity index (χ0) is 20.2. The number of nitrogens with zero attached hydrogens (tertiary/aromatic N) is 1. The Balaban J connectivity index is 1.36. The number of carbonyl (C=O) groups is 2. The van der Waals surface area contributed by atoms with Crippen LogP contribution in [0.1, 0.15) is 30.4 Å². The lowest BCUT2D eigenvalue weighted by molar-refractivity contribution is -0.127. The first-order chi connectivity index (χ1) is 14.1. The van der Waals surface area contributed by atoms with Gasteiger partial charge in [-0.05, 0) is 48.6 Å². The van der Waals surface area contributed by atoms with E-state index in [0.717, 1.165) is 24.0 Å². The van der Waals surface area contributed by atoms with Crippen LogP contribution in [-0.2, 0) is 16.1 Å². The molecule has 2 aliphatic rings. The van der Waals surface area contributed by atoms with E-state index in [1.165, 1.54) is 0 Å². The van der Waals surface area contributed by atoms with E-state index in [0.29, 0.717) is 22.9 Å².